The molecule has 0 heterocycles. The van der Waals surface area contributed by atoms with Crippen LogP contribution in [-0.2, 0) is 18.3 Å². The molecule has 2 unspecified atom stereocenters. The van der Waals surface area contributed by atoms with Crippen LogP contribution in [0.4, 0.5) is 0 Å². The predicted octanol–water partition coefficient (Wildman–Crippen LogP) is 2.62. The van der Waals surface area contributed by atoms with Crippen molar-refractivity contribution in [2.75, 3.05) is 27.1 Å². The lowest BCUT2D eigenvalue weighted by atomic mass is 10.1. The molecule has 0 aliphatic rings. The first kappa shape index (κ1) is 25.8. The lowest BCUT2D eigenvalue weighted by Gasteiger charge is -2.16. The van der Waals surface area contributed by atoms with Crippen molar-refractivity contribution in [1.82, 2.24) is 0 Å². The van der Waals surface area contributed by atoms with E-state index in [-0.39, 0.29) is 41.5 Å². The van der Waals surface area contributed by atoms with Crippen molar-refractivity contribution in [3.8, 4) is 0 Å². The average Bonchev–Trinajstić information content (AvgIpc) is 2.12. The van der Waals surface area contributed by atoms with E-state index in [4.69, 9.17) is 19.9 Å². The fraction of sp³-hybridized carbons (Fsp3) is 1.00. The lowest BCUT2D eigenvalue weighted by molar-refractivity contribution is 0.0885. The van der Waals surface area contributed by atoms with Crippen molar-refractivity contribution in [3.63, 3.8) is 0 Å². The minimum absolute atomic E-state index is 0. The predicted molar refractivity (Wildman–Crippen MR) is 71.8 cm³/mol. The monoisotopic (exact) mass is 275 g/mol. The Bertz CT molecular complexity index is 192. The van der Waals surface area contributed by atoms with Gasteiger partial charge in [0, 0.05) is 13.0 Å². The Morgan fingerprint density at radius 1 is 1.24 bits per heavy atom. The number of phosphoric acid groups is 1. The smallest absolute Gasteiger partial charge is 0.384 e. The van der Waals surface area contributed by atoms with E-state index < -0.39 is 7.82 Å². The Hall–Kier alpha value is 0.0300. The number of methoxy groups -OCH3 is 1. The Balaban J connectivity index is -0.000000282. The summed E-state index contributed by atoms with van der Waals surface area (Å²) in [6.45, 7) is 2.21. The van der Waals surface area contributed by atoms with Gasteiger partial charge in [0.1, 0.15) is 6.73 Å². The number of rotatable bonds is 8. The van der Waals surface area contributed by atoms with Gasteiger partial charge in [-0.3, -0.25) is 9.05 Å². The molecule has 0 aromatic carbocycles. The molecule has 3 N–H and O–H groups in total. The second-order valence-electron chi connectivity index (χ2n) is 2.79. The van der Waals surface area contributed by atoms with Gasteiger partial charge in [-0.25, -0.2) is 4.57 Å². The molecule has 0 saturated heterocycles. The highest BCUT2D eigenvalue weighted by molar-refractivity contribution is 7.47. The third-order valence-corrected chi connectivity index (χ3v) is 2.64. The highest BCUT2D eigenvalue weighted by atomic mass is 31.2. The van der Waals surface area contributed by atoms with E-state index in [9.17, 15) is 4.57 Å². The zero-order chi connectivity index (χ0) is 11.0. The second kappa shape index (κ2) is 14.1. The zero-order valence-electron chi connectivity index (χ0n) is 8.51. The van der Waals surface area contributed by atoms with Crippen LogP contribution in [0.15, 0.2) is 0 Å². The van der Waals surface area contributed by atoms with Crippen LogP contribution in [0, 0.1) is 5.92 Å². The van der Waals surface area contributed by atoms with E-state index in [1.54, 1.807) is 7.11 Å². The third-order valence-electron chi connectivity index (χ3n) is 1.69. The molecule has 0 aromatic rings. The highest BCUT2D eigenvalue weighted by Gasteiger charge is 2.21. The van der Waals surface area contributed by atoms with Gasteiger partial charge in [-0.15, -0.1) is 0 Å². The summed E-state index contributed by atoms with van der Waals surface area (Å²) in [5, 5.41) is 0. The summed E-state index contributed by atoms with van der Waals surface area (Å²) in [6.07, 6.45) is 0.802. The van der Waals surface area contributed by atoms with Crippen LogP contribution in [0.25, 0.3) is 0 Å². The van der Waals surface area contributed by atoms with Crippen LogP contribution in [0.5, 0.6) is 0 Å². The van der Waals surface area contributed by atoms with Gasteiger partial charge in [0.15, 0.2) is 0 Å². The van der Waals surface area contributed by atoms with Crippen LogP contribution in [-0.4, -0.2) is 31.9 Å². The minimum Gasteiger partial charge on any atom is -0.384 e. The maximum Gasteiger partial charge on any atom is 0.473 e. The summed E-state index contributed by atoms with van der Waals surface area (Å²) < 4.78 is 25.0. The Morgan fingerprint density at radius 2 is 1.76 bits per heavy atom. The number of hydrogen-bond acceptors (Lipinski definition) is 5. The summed E-state index contributed by atoms with van der Waals surface area (Å²) in [5.74, 6) is 0.0850. The van der Waals surface area contributed by atoms with Gasteiger partial charge in [-0.05, 0) is 6.42 Å². The zero-order valence-corrected chi connectivity index (χ0v) is 9.40. The maximum absolute atomic E-state index is 11.0. The normalized spacial score (nSPS) is 14.6. The Labute approximate surface area is 106 Å². The Morgan fingerprint density at radius 3 is 2.12 bits per heavy atom. The summed E-state index contributed by atoms with van der Waals surface area (Å²) in [7, 11) is -2.40. The molecule has 0 saturated carbocycles. The van der Waals surface area contributed by atoms with Crippen molar-refractivity contribution in [2.45, 2.75) is 35.6 Å². The number of nitrogens with two attached hydrogens (primary N) is 1. The van der Waals surface area contributed by atoms with Gasteiger partial charge in [0.05, 0.1) is 13.2 Å². The van der Waals surface area contributed by atoms with Crippen molar-refractivity contribution in [1.29, 1.82) is 0 Å². The van der Waals surface area contributed by atoms with Gasteiger partial charge in [0.2, 0.25) is 0 Å². The van der Waals surface area contributed by atoms with E-state index >= 15 is 0 Å². The molecule has 6 nitrogen and oxygen atoms in total. The molecule has 0 spiro atoms. The standard InChI is InChI=1S/C7H18NO5P.3CH4/c1-3-7(4-11-2)5-12-14(9,10)13-6-8;;;/h7H,3-6,8H2,1-2H3,(H,9,10);3*1H4. The Kier molecular flexibility index (Phi) is 21.4. The van der Waals surface area contributed by atoms with Crippen LogP contribution in [0.1, 0.15) is 35.6 Å². The molecule has 0 aliphatic heterocycles. The first-order valence-electron chi connectivity index (χ1n) is 4.36. The fourth-order valence-electron chi connectivity index (χ4n) is 0.851. The summed E-state index contributed by atoms with van der Waals surface area (Å²) in [6, 6.07) is 0. The lowest BCUT2D eigenvalue weighted by Crippen LogP contribution is -2.15. The molecule has 0 fully saturated rings. The molecular formula is C10H30NO5P. The molecule has 0 aliphatic carbocycles. The summed E-state index contributed by atoms with van der Waals surface area (Å²) >= 11 is 0. The van der Waals surface area contributed by atoms with Crippen molar-refractivity contribution < 1.29 is 23.2 Å². The third kappa shape index (κ3) is 14.0. The molecule has 7 heteroatoms. The van der Waals surface area contributed by atoms with E-state index in [1.807, 2.05) is 6.92 Å². The summed E-state index contributed by atoms with van der Waals surface area (Å²) in [5.41, 5.74) is 4.95. The largest absolute Gasteiger partial charge is 0.473 e. The van der Waals surface area contributed by atoms with E-state index in [1.165, 1.54) is 0 Å². The van der Waals surface area contributed by atoms with Crippen LogP contribution in [0.3, 0.4) is 0 Å². The van der Waals surface area contributed by atoms with Crippen LogP contribution in [0.2, 0.25) is 0 Å². The molecule has 2 atom stereocenters. The van der Waals surface area contributed by atoms with Gasteiger partial charge >= 0.3 is 7.82 Å². The van der Waals surface area contributed by atoms with Gasteiger partial charge in [-0.1, -0.05) is 29.2 Å². The number of phosphoric ester groups is 1. The van der Waals surface area contributed by atoms with Crippen molar-refractivity contribution in [3.05, 3.63) is 0 Å². The average molecular weight is 275 g/mol. The van der Waals surface area contributed by atoms with Crippen LogP contribution >= 0.6 is 7.82 Å². The van der Waals surface area contributed by atoms with E-state index in [0.29, 0.717) is 6.61 Å². The van der Waals surface area contributed by atoms with Gasteiger partial charge < -0.3 is 15.4 Å². The van der Waals surface area contributed by atoms with E-state index in [2.05, 4.69) is 4.52 Å². The van der Waals surface area contributed by atoms with E-state index in [0.717, 1.165) is 6.42 Å². The van der Waals surface area contributed by atoms with Crippen molar-refractivity contribution in [2.24, 2.45) is 11.7 Å². The number of hydrogen-bond donors (Lipinski definition) is 2. The molecule has 0 radical (unpaired) electrons. The quantitative estimate of drug-likeness (QED) is 0.522. The first-order chi connectivity index (χ1) is 6.55. The van der Waals surface area contributed by atoms with Gasteiger partial charge in [-0.2, -0.15) is 0 Å². The molecule has 110 valence electrons. The molecule has 0 rings (SSSR count). The van der Waals surface area contributed by atoms with Gasteiger partial charge in [0.25, 0.3) is 0 Å². The topological polar surface area (TPSA) is 91.0 Å². The SMILES string of the molecule is C.C.C.CCC(COC)COP(=O)(O)OCN. The number of ether oxygens (including phenoxy) is 1. The van der Waals surface area contributed by atoms with Crippen LogP contribution < -0.4 is 5.73 Å². The molecule has 0 amide bonds. The molecular weight excluding hydrogens is 245 g/mol. The molecule has 0 aromatic heterocycles. The van der Waals surface area contributed by atoms with Crippen molar-refractivity contribution >= 4 is 7.82 Å². The molecule has 0 bridgehead atoms. The minimum atomic E-state index is -3.96. The fourth-order valence-corrected chi connectivity index (χ4v) is 1.51. The summed E-state index contributed by atoms with van der Waals surface area (Å²) in [4.78, 5) is 9.02. The second-order valence-corrected chi connectivity index (χ2v) is 4.24. The molecule has 17 heavy (non-hydrogen) atoms. The maximum atomic E-state index is 11.0. The highest BCUT2D eigenvalue weighted by Crippen LogP contribution is 2.42. The first-order valence-corrected chi connectivity index (χ1v) is 5.86.